The molecule has 0 aliphatic carbocycles. The molecule has 1 atom stereocenters. The number of hydrogen-bond acceptors (Lipinski definition) is 2. The van der Waals surface area contributed by atoms with Gasteiger partial charge in [-0.3, -0.25) is 4.79 Å². The molecule has 1 aliphatic heterocycles. The fourth-order valence-electron chi connectivity index (χ4n) is 3.03. The maximum absolute atomic E-state index is 12.8. The average molecular weight is 316 g/mol. The quantitative estimate of drug-likeness (QED) is 0.826. The smallest absolute Gasteiger partial charge is 0.223 e. The first-order valence-electron chi connectivity index (χ1n) is 8.05. The molecule has 2 aromatic rings. The van der Waals surface area contributed by atoms with Gasteiger partial charge >= 0.3 is 0 Å². The van der Waals surface area contributed by atoms with Gasteiger partial charge < -0.3 is 14.6 Å². The van der Waals surface area contributed by atoms with Crippen molar-refractivity contribution in [2.45, 2.75) is 31.7 Å². The van der Waals surface area contributed by atoms with Gasteiger partial charge in [0.1, 0.15) is 11.6 Å². The average Bonchev–Trinajstić information content (AvgIpc) is 3.23. The van der Waals surface area contributed by atoms with Crippen LogP contribution in [0.3, 0.4) is 0 Å². The summed E-state index contributed by atoms with van der Waals surface area (Å²) in [4.78, 5) is 17.6. The Balaban J connectivity index is 1.45. The lowest BCUT2D eigenvalue weighted by atomic mass is 10.1. The van der Waals surface area contributed by atoms with Gasteiger partial charge in [-0.25, -0.2) is 4.39 Å². The summed E-state index contributed by atoms with van der Waals surface area (Å²) in [5.41, 5.74) is 1.11. The van der Waals surface area contributed by atoms with Crippen molar-refractivity contribution < 1.29 is 13.9 Å². The summed E-state index contributed by atoms with van der Waals surface area (Å²) in [7, 11) is 0. The SMILES string of the molecule is O=C(CCCOc1ccc(F)cc1)N1CCC[C@H]1c1ccc[nH]1. The molecule has 1 aromatic carbocycles. The second-order valence-corrected chi connectivity index (χ2v) is 5.78. The summed E-state index contributed by atoms with van der Waals surface area (Å²) in [6.45, 7) is 1.28. The van der Waals surface area contributed by atoms with E-state index in [0.717, 1.165) is 25.1 Å². The van der Waals surface area contributed by atoms with Gasteiger partial charge in [0.25, 0.3) is 0 Å². The molecule has 122 valence electrons. The zero-order valence-corrected chi connectivity index (χ0v) is 13.0. The van der Waals surface area contributed by atoms with Crippen molar-refractivity contribution in [3.63, 3.8) is 0 Å². The Bertz CT molecular complexity index is 625. The Morgan fingerprint density at radius 2 is 2.13 bits per heavy atom. The molecule has 0 bridgehead atoms. The third-order valence-electron chi connectivity index (χ3n) is 4.17. The Kier molecular flexibility index (Phi) is 4.95. The van der Waals surface area contributed by atoms with Gasteiger partial charge in [0.2, 0.25) is 5.91 Å². The standard InChI is InChI=1S/C18H21FN2O2/c19-14-7-9-15(10-8-14)23-13-3-6-18(22)21-12-2-5-17(21)16-4-1-11-20-16/h1,4,7-11,17,20H,2-3,5-6,12-13H2/t17-/m0/s1. The van der Waals surface area contributed by atoms with Gasteiger partial charge in [-0.2, -0.15) is 0 Å². The van der Waals surface area contributed by atoms with E-state index in [1.54, 1.807) is 12.1 Å². The van der Waals surface area contributed by atoms with E-state index in [1.165, 1.54) is 12.1 Å². The van der Waals surface area contributed by atoms with Gasteiger partial charge in [0.05, 0.1) is 12.6 Å². The molecule has 1 amide bonds. The molecule has 5 heteroatoms. The molecular formula is C18H21FN2O2. The molecule has 4 nitrogen and oxygen atoms in total. The molecule has 2 heterocycles. The van der Waals surface area contributed by atoms with Crippen LogP contribution in [0.5, 0.6) is 5.75 Å². The number of carbonyl (C=O) groups excluding carboxylic acids is 1. The number of likely N-dealkylation sites (tertiary alicyclic amines) is 1. The predicted molar refractivity (Wildman–Crippen MR) is 85.6 cm³/mol. The Morgan fingerprint density at radius 1 is 1.30 bits per heavy atom. The number of H-pyrrole nitrogens is 1. The van der Waals surface area contributed by atoms with Crippen LogP contribution in [0.1, 0.15) is 37.4 Å². The third-order valence-corrected chi connectivity index (χ3v) is 4.17. The number of halogens is 1. The number of ether oxygens (including phenoxy) is 1. The summed E-state index contributed by atoms with van der Waals surface area (Å²) < 4.78 is 18.3. The fraction of sp³-hybridized carbons (Fsp3) is 0.389. The Morgan fingerprint density at radius 3 is 2.87 bits per heavy atom. The topological polar surface area (TPSA) is 45.3 Å². The number of aromatic amines is 1. The number of amides is 1. The van der Waals surface area contributed by atoms with E-state index in [1.807, 2.05) is 23.2 Å². The number of benzene rings is 1. The largest absolute Gasteiger partial charge is 0.494 e. The molecule has 1 fully saturated rings. The van der Waals surface area contributed by atoms with Crippen LogP contribution in [0.4, 0.5) is 4.39 Å². The van der Waals surface area contributed by atoms with Gasteiger partial charge in [-0.05, 0) is 55.7 Å². The highest BCUT2D eigenvalue weighted by molar-refractivity contribution is 5.77. The minimum absolute atomic E-state index is 0.171. The van der Waals surface area contributed by atoms with Crippen LogP contribution in [0.2, 0.25) is 0 Å². The molecule has 3 rings (SSSR count). The van der Waals surface area contributed by atoms with Crippen molar-refractivity contribution in [1.29, 1.82) is 0 Å². The molecule has 23 heavy (non-hydrogen) atoms. The second kappa shape index (κ2) is 7.31. The van der Waals surface area contributed by atoms with Crippen LogP contribution >= 0.6 is 0 Å². The second-order valence-electron chi connectivity index (χ2n) is 5.78. The number of carbonyl (C=O) groups is 1. The molecule has 0 unspecified atom stereocenters. The summed E-state index contributed by atoms with van der Waals surface area (Å²) >= 11 is 0. The van der Waals surface area contributed by atoms with Gasteiger partial charge in [0, 0.05) is 24.9 Å². The molecule has 0 radical (unpaired) electrons. The molecule has 0 saturated carbocycles. The van der Waals surface area contributed by atoms with Gasteiger partial charge in [0.15, 0.2) is 0 Å². The van der Waals surface area contributed by atoms with Crippen LogP contribution in [-0.4, -0.2) is 28.9 Å². The number of hydrogen-bond donors (Lipinski definition) is 1. The van der Waals surface area contributed by atoms with Crippen LogP contribution in [-0.2, 0) is 4.79 Å². The highest BCUT2D eigenvalue weighted by atomic mass is 19.1. The van der Waals surface area contributed by atoms with Crippen LogP contribution in [0.25, 0.3) is 0 Å². The third kappa shape index (κ3) is 3.92. The number of rotatable bonds is 6. The van der Waals surface area contributed by atoms with Gasteiger partial charge in [-0.15, -0.1) is 0 Å². The number of nitrogens with one attached hydrogen (secondary N) is 1. The van der Waals surface area contributed by atoms with Crippen LogP contribution in [0.15, 0.2) is 42.6 Å². The molecule has 1 saturated heterocycles. The first kappa shape index (κ1) is 15.6. The number of nitrogens with zero attached hydrogens (tertiary/aromatic N) is 1. The summed E-state index contributed by atoms with van der Waals surface area (Å²) in [5.74, 6) is 0.519. The van der Waals surface area contributed by atoms with E-state index in [9.17, 15) is 9.18 Å². The predicted octanol–water partition coefficient (Wildman–Crippen LogP) is 3.68. The Labute approximate surface area is 135 Å². The van der Waals surface area contributed by atoms with Crippen molar-refractivity contribution in [1.82, 2.24) is 9.88 Å². The zero-order chi connectivity index (χ0) is 16.1. The highest BCUT2D eigenvalue weighted by Gasteiger charge is 2.29. The van der Waals surface area contributed by atoms with Gasteiger partial charge in [-0.1, -0.05) is 0 Å². The molecule has 1 aliphatic rings. The first-order chi connectivity index (χ1) is 11.2. The van der Waals surface area contributed by atoms with Crippen molar-refractivity contribution in [2.24, 2.45) is 0 Å². The monoisotopic (exact) mass is 316 g/mol. The minimum Gasteiger partial charge on any atom is -0.494 e. The highest BCUT2D eigenvalue weighted by Crippen LogP contribution is 2.31. The van der Waals surface area contributed by atoms with Crippen LogP contribution in [0, 0.1) is 5.82 Å². The lowest BCUT2D eigenvalue weighted by Gasteiger charge is -2.24. The summed E-state index contributed by atoms with van der Waals surface area (Å²) in [6.07, 6.45) is 5.08. The lowest BCUT2D eigenvalue weighted by molar-refractivity contribution is -0.132. The molecule has 1 N–H and O–H groups in total. The molecule has 0 spiro atoms. The van der Waals surface area contributed by atoms with E-state index >= 15 is 0 Å². The van der Waals surface area contributed by atoms with E-state index in [-0.39, 0.29) is 17.8 Å². The first-order valence-corrected chi connectivity index (χ1v) is 8.05. The maximum atomic E-state index is 12.8. The van der Waals surface area contributed by atoms with E-state index in [4.69, 9.17) is 4.74 Å². The number of aromatic nitrogens is 1. The van der Waals surface area contributed by atoms with Crippen molar-refractivity contribution in [3.8, 4) is 5.75 Å². The van der Waals surface area contributed by atoms with E-state index < -0.39 is 0 Å². The van der Waals surface area contributed by atoms with Crippen LogP contribution < -0.4 is 4.74 Å². The summed E-state index contributed by atoms with van der Waals surface area (Å²) in [5, 5.41) is 0. The Hall–Kier alpha value is -2.30. The molecule has 1 aromatic heterocycles. The van der Waals surface area contributed by atoms with Crippen molar-refractivity contribution >= 4 is 5.91 Å². The fourth-order valence-corrected chi connectivity index (χ4v) is 3.03. The normalized spacial score (nSPS) is 17.4. The van der Waals surface area contributed by atoms with E-state index in [0.29, 0.717) is 25.2 Å². The van der Waals surface area contributed by atoms with E-state index in [2.05, 4.69) is 4.98 Å². The summed E-state index contributed by atoms with van der Waals surface area (Å²) in [6, 6.07) is 10.1. The lowest BCUT2D eigenvalue weighted by Crippen LogP contribution is -2.30. The minimum atomic E-state index is -0.281. The van der Waals surface area contributed by atoms with Crippen molar-refractivity contribution in [3.05, 3.63) is 54.1 Å². The van der Waals surface area contributed by atoms with Crippen molar-refractivity contribution in [2.75, 3.05) is 13.2 Å². The maximum Gasteiger partial charge on any atom is 0.223 e. The zero-order valence-electron chi connectivity index (χ0n) is 13.0. The molecular weight excluding hydrogens is 295 g/mol.